The van der Waals surface area contributed by atoms with E-state index in [1.54, 1.807) is 19.9 Å². The van der Waals surface area contributed by atoms with Gasteiger partial charge in [0.05, 0.1) is 24.9 Å². The maximum Gasteiger partial charge on any atom is 0.348 e. The number of carbonyl (C=O) groups excluding carboxylic acids is 1. The Labute approximate surface area is 151 Å². The predicted molar refractivity (Wildman–Crippen MR) is 95.1 cm³/mol. The molecule has 130 valence electrons. The lowest BCUT2D eigenvalue weighted by Gasteiger charge is -2.08. The van der Waals surface area contributed by atoms with Gasteiger partial charge in [0.25, 0.3) is 5.56 Å². The molecule has 3 aromatic rings. The second-order valence-electron chi connectivity index (χ2n) is 5.33. The fraction of sp³-hybridized carbons (Fsp3) is 0.235. The minimum absolute atomic E-state index is 0.0443. The third kappa shape index (κ3) is 3.17. The summed E-state index contributed by atoms with van der Waals surface area (Å²) in [6.45, 7) is 3.59. The molecule has 5 nitrogen and oxygen atoms in total. The standard InChI is InChI=1S/C17H14ClFN2O3S/c1-3-24-17(23)14-9(2)13-15(25-14)20-8-21(16(13)22)7-10-11(18)5-4-6-12(10)19/h4-6,8H,3,7H2,1-2H3. The Kier molecular flexibility index (Phi) is 4.87. The van der Waals surface area contributed by atoms with Gasteiger partial charge in [0.2, 0.25) is 0 Å². The molecule has 0 fully saturated rings. The molecule has 2 aromatic heterocycles. The quantitative estimate of drug-likeness (QED) is 0.646. The Morgan fingerprint density at radius 3 is 2.88 bits per heavy atom. The molecule has 2 heterocycles. The van der Waals surface area contributed by atoms with Crippen molar-refractivity contribution < 1.29 is 13.9 Å². The van der Waals surface area contributed by atoms with Crippen molar-refractivity contribution in [2.24, 2.45) is 0 Å². The van der Waals surface area contributed by atoms with Crippen LogP contribution in [0.4, 0.5) is 4.39 Å². The molecule has 0 aliphatic heterocycles. The summed E-state index contributed by atoms with van der Waals surface area (Å²) in [5, 5.41) is 0.573. The molecule has 1 aromatic carbocycles. The molecule has 0 aliphatic rings. The number of nitrogens with zero attached hydrogens (tertiary/aromatic N) is 2. The van der Waals surface area contributed by atoms with Crippen molar-refractivity contribution >= 4 is 39.1 Å². The second kappa shape index (κ2) is 6.93. The number of aryl methyl sites for hydroxylation is 1. The van der Waals surface area contributed by atoms with E-state index < -0.39 is 11.8 Å². The number of halogens is 2. The lowest BCUT2D eigenvalue weighted by Crippen LogP contribution is -2.21. The van der Waals surface area contributed by atoms with Crippen LogP contribution in [0.2, 0.25) is 5.02 Å². The van der Waals surface area contributed by atoms with Crippen LogP contribution >= 0.6 is 22.9 Å². The van der Waals surface area contributed by atoms with Crippen LogP contribution in [0.1, 0.15) is 27.7 Å². The molecule has 0 saturated carbocycles. The number of fused-ring (bicyclic) bond motifs is 1. The molecule has 0 amide bonds. The highest BCUT2D eigenvalue weighted by Crippen LogP contribution is 2.28. The predicted octanol–water partition coefficient (Wildman–Crippen LogP) is 3.78. The molecule has 0 radical (unpaired) electrons. The number of hydrogen-bond acceptors (Lipinski definition) is 5. The van der Waals surface area contributed by atoms with E-state index in [9.17, 15) is 14.0 Å². The Hall–Kier alpha value is -2.25. The van der Waals surface area contributed by atoms with Crippen molar-refractivity contribution in [2.75, 3.05) is 6.61 Å². The summed E-state index contributed by atoms with van der Waals surface area (Å²) >= 11 is 7.14. The van der Waals surface area contributed by atoms with Crippen LogP contribution in [0.5, 0.6) is 0 Å². The SMILES string of the molecule is CCOC(=O)c1sc2ncn(Cc3c(F)cccc3Cl)c(=O)c2c1C. The lowest BCUT2D eigenvalue weighted by molar-refractivity contribution is 0.0531. The topological polar surface area (TPSA) is 61.2 Å². The van der Waals surface area contributed by atoms with Gasteiger partial charge in [0.1, 0.15) is 15.5 Å². The number of rotatable bonds is 4. The Balaban J connectivity index is 2.10. The van der Waals surface area contributed by atoms with Gasteiger partial charge in [-0.1, -0.05) is 17.7 Å². The van der Waals surface area contributed by atoms with Crippen LogP contribution in [0, 0.1) is 12.7 Å². The van der Waals surface area contributed by atoms with E-state index in [1.165, 1.54) is 23.0 Å². The van der Waals surface area contributed by atoms with Crippen LogP contribution in [0.15, 0.2) is 29.3 Å². The van der Waals surface area contributed by atoms with Crippen LogP contribution in [0.3, 0.4) is 0 Å². The summed E-state index contributed by atoms with van der Waals surface area (Å²) in [6, 6.07) is 4.35. The first-order chi connectivity index (χ1) is 11.9. The number of benzene rings is 1. The van der Waals surface area contributed by atoms with E-state index in [0.29, 0.717) is 20.7 Å². The van der Waals surface area contributed by atoms with Crippen molar-refractivity contribution in [1.82, 2.24) is 9.55 Å². The summed E-state index contributed by atoms with van der Waals surface area (Å²) in [6.07, 6.45) is 1.33. The first-order valence-corrected chi connectivity index (χ1v) is 8.72. The minimum Gasteiger partial charge on any atom is -0.462 e. The zero-order valence-electron chi connectivity index (χ0n) is 13.5. The highest BCUT2D eigenvalue weighted by Gasteiger charge is 2.20. The van der Waals surface area contributed by atoms with Crippen molar-refractivity contribution in [2.45, 2.75) is 20.4 Å². The highest BCUT2D eigenvalue weighted by atomic mass is 35.5. The number of carbonyl (C=O) groups is 1. The zero-order valence-corrected chi connectivity index (χ0v) is 15.1. The largest absolute Gasteiger partial charge is 0.462 e. The van der Waals surface area contributed by atoms with Gasteiger partial charge in [-0.05, 0) is 31.5 Å². The zero-order chi connectivity index (χ0) is 18.1. The number of hydrogen-bond donors (Lipinski definition) is 0. The first kappa shape index (κ1) is 17.6. The molecule has 0 unspecified atom stereocenters. The van der Waals surface area contributed by atoms with E-state index in [4.69, 9.17) is 16.3 Å². The maximum absolute atomic E-state index is 14.0. The van der Waals surface area contributed by atoms with Gasteiger partial charge in [0, 0.05) is 10.6 Å². The molecule has 3 rings (SSSR count). The van der Waals surface area contributed by atoms with Crippen molar-refractivity contribution in [1.29, 1.82) is 0 Å². The van der Waals surface area contributed by atoms with E-state index in [0.717, 1.165) is 11.3 Å². The molecule has 0 atom stereocenters. The van der Waals surface area contributed by atoms with Gasteiger partial charge in [-0.15, -0.1) is 11.3 Å². The smallest absolute Gasteiger partial charge is 0.348 e. The fourth-order valence-electron chi connectivity index (χ4n) is 2.52. The Bertz CT molecular complexity index is 1010. The minimum atomic E-state index is -0.492. The van der Waals surface area contributed by atoms with Gasteiger partial charge < -0.3 is 4.74 Å². The Morgan fingerprint density at radius 2 is 2.20 bits per heavy atom. The average molecular weight is 381 g/mol. The summed E-state index contributed by atoms with van der Waals surface area (Å²) < 4.78 is 20.3. The molecule has 0 N–H and O–H groups in total. The summed E-state index contributed by atoms with van der Waals surface area (Å²) in [7, 11) is 0. The van der Waals surface area contributed by atoms with Crippen molar-refractivity contribution in [3.8, 4) is 0 Å². The van der Waals surface area contributed by atoms with Crippen LogP contribution in [-0.4, -0.2) is 22.1 Å². The number of aromatic nitrogens is 2. The van der Waals surface area contributed by atoms with E-state index >= 15 is 0 Å². The second-order valence-corrected chi connectivity index (χ2v) is 6.74. The number of ether oxygens (including phenoxy) is 1. The van der Waals surface area contributed by atoms with E-state index in [-0.39, 0.29) is 29.3 Å². The average Bonchev–Trinajstić information content (AvgIpc) is 2.91. The van der Waals surface area contributed by atoms with Crippen molar-refractivity contribution in [3.63, 3.8) is 0 Å². The fourth-order valence-corrected chi connectivity index (χ4v) is 3.77. The van der Waals surface area contributed by atoms with Gasteiger partial charge in [-0.2, -0.15) is 0 Å². The Morgan fingerprint density at radius 1 is 1.44 bits per heavy atom. The maximum atomic E-state index is 14.0. The highest BCUT2D eigenvalue weighted by molar-refractivity contribution is 7.20. The lowest BCUT2D eigenvalue weighted by atomic mass is 10.2. The first-order valence-electron chi connectivity index (χ1n) is 7.52. The van der Waals surface area contributed by atoms with Crippen molar-refractivity contribution in [3.05, 3.63) is 61.7 Å². The van der Waals surface area contributed by atoms with Gasteiger partial charge in [-0.25, -0.2) is 14.2 Å². The van der Waals surface area contributed by atoms with E-state index in [1.807, 2.05) is 0 Å². The summed E-state index contributed by atoms with van der Waals surface area (Å²) in [4.78, 5) is 29.8. The van der Waals surface area contributed by atoms with Gasteiger partial charge >= 0.3 is 5.97 Å². The van der Waals surface area contributed by atoms with Crippen LogP contribution < -0.4 is 5.56 Å². The van der Waals surface area contributed by atoms with E-state index in [2.05, 4.69) is 4.98 Å². The van der Waals surface area contributed by atoms with Gasteiger partial charge in [0.15, 0.2) is 0 Å². The summed E-state index contributed by atoms with van der Waals surface area (Å²) in [5.41, 5.74) is 0.379. The molecular weight excluding hydrogens is 367 g/mol. The molecule has 0 spiro atoms. The molecular formula is C17H14ClFN2O3S. The third-order valence-corrected chi connectivity index (χ3v) is 5.30. The molecule has 0 saturated heterocycles. The molecule has 8 heteroatoms. The molecule has 0 bridgehead atoms. The van der Waals surface area contributed by atoms with Crippen LogP contribution in [0.25, 0.3) is 10.2 Å². The van der Waals surface area contributed by atoms with Crippen LogP contribution in [-0.2, 0) is 11.3 Å². The third-order valence-electron chi connectivity index (χ3n) is 3.77. The monoisotopic (exact) mass is 380 g/mol. The molecule has 25 heavy (non-hydrogen) atoms. The normalized spacial score (nSPS) is 11.0. The summed E-state index contributed by atoms with van der Waals surface area (Å²) in [5.74, 6) is -0.972. The van der Waals surface area contributed by atoms with Gasteiger partial charge in [-0.3, -0.25) is 9.36 Å². The molecule has 0 aliphatic carbocycles. The number of esters is 1. The number of thiophene rings is 1.